The second-order valence-corrected chi connectivity index (χ2v) is 5.37. The molecule has 0 N–H and O–H groups in total. The first-order valence-electron chi connectivity index (χ1n) is 6.95. The van der Waals surface area contributed by atoms with Crippen molar-refractivity contribution >= 4 is 0 Å². The quantitative estimate of drug-likeness (QED) is 0.737. The highest BCUT2D eigenvalue weighted by Crippen LogP contribution is 2.33. The maximum Gasteiger partial charge on any atom is 0.123 e. The Morgan fingerprint density at radius 1 is 1.28 bits per heavy atom. The van der Waals surface area contributed by atoms with Crippen molar-refractivity contribution < 1.29 is 9.13 Å². The van der Waals surface area contributed by atoms with Gasteiger partial charge >= 0.3 is 0 Å². The van der Waals surface area contributed by atoms with Crippen LogP contribution in [0, 0.1) is 24.6 Å². The van der Waals surface area contributed by atoms with Gasteiger partial charge in [-0.15, -0.1) is 0 Å². The predicted molar refractivity (Wildman–Crippen MR) is 74.5 cm³/mol. The van der Waals surface area contributed by atoms with Crippen LogP contribution in [0.15, 0.2) is 18.2 Å². The normalized spacial score (nSPS) is 21.6. The molecule has 0 heterocycles. The minimum absolute atomic E-state index is 0.197. The molecule has 1 aromatic rings. The first-order valence-corrected chi connectivity index (χ1v) is 6.95. The Kier molecular flexibility index (Phi) is 6.17. The molecule has 1 aliphatic rings. The number of benzene rings is 1. The third-order valence-electron chi connectivity index (χ3n) is 3.08. The summed E-state index contributed by atoms with van der Waals surface area (Å²) >= 11 is 0. The highest BCUT2D eigenvalue weighted by Gasteiger charge is 2.25. The Bertz CT molecular complexity index is 356. The van der Waals surface area contributed by atoms with E-state index in [9.17, 15) is 4.39 Å². The molecule has 18 heavy (non-hydrogen) atoms. The van der Waals surface area contributed by atoms with Gasteiger partial charge in [-0.05, 0) is 55.4 Å². The topological polar surface area (TPSA) is 9.23 Å². The summed E-state index contributed by atoms with van der Waals surface area (Å²) in [5.74, 6) is 2.17. The summed E-state index contributed by atoms with van der Waals surface area (Å²) in [6.07, 6.45) is 3.78. The van der Waals surface area contributed by atoms with Crippen LogP contribution in [-0.2, 0) is 0 Å². The SMILES string of the molecule is CCC.Cc1cc(F)ccc1OCC1CC(C)C1. The van der Waals surface area contributed by atoms with Crippen LogP contribution in [0.4, 0.5) is 4.39 Å². The van der Waals surface area contributed by atoms with E-state index in [1.807, 2.05) is 6.92 Å². The number of hydrogen-bond donors (Lipinski definition) is 0. The molecule has 0 amide bonds. The molecule has 1 nitrogen and oxygen atoms in total. The smallest absolute Gasteiger partial charge is 0.123 e. The fourth-order valence-electron chi connectivity index (χ4n) is 2.19. The Morgan fingerprint density at radius 3 is 2.39 bits per heavy atom. The molecule has 1 aliphatic carbocycles. The van der Waals surface area contributed by atoms with Crippen LogP contribution in [0.2, 0.25) is 0 Å². The number of aryl methyl sites for hydroxylation is 1. The summed E-state index contributed by atoms with van der Waals surface area (Å²) in [6, 6.07) is 4.68. The molecule has 1 fully saturated rings. The van der Waals surface area contributed by atoms with Crippen LogP contribution in [0.25, 0.3) is 0 Å². The van der Waals surface area contributed by atoms with E-state index in [1.54, 1.807) is 6.07 Å². The summed E-state index contributed by atoms with van der Waals surface area (Å²) < 4.78 is 18.5. The molecule has 0 spiro atoms. The first kappa shape index (κ1) is 15.0. The second kappa shape index (κ2) is 7.40. The Morgan fingerprint density at radius 2 is 1.89 bits per heavy atom. The summed E-state index contributed by atoms with van der Waals surface area (Å²) in [5.41, 5.74) is 0.877. The van der Waals surface area contributed by atoms with Gasteiger partial charge in [0.2, 0.25) is 0 Å². The van der Waals surface area contributed by atoms with E-state index in [2.05, 4.69) is 20.8 Å². The molecular formula is C16H25FO. The van der Waals surface area contributed by atoms with Crippen molar-refractivity contribution in [2.24, 2.45) is 11.8 Å². The van der Waals surface area contributed by atoms with Crippen molar-refractivity contribution in [1.29, 1.82) is 0 Å². The molecule has 102 valence electrons. The van der Waals surface area contributed by atoms with Gasteiger partial charge in [-0.3, -0.25) is 0 Å². The number of hydrogen-bond acceptors (Lipinski definition) is 1. The molecule has 1 saturated carbocycles. The van der Waals surface area contributed by atoms with Crippen molar-refractivity contribution in [3.63, 3.8) is 0 Å². The molecule has 0 radical (unpaired) electrons. The van der Waals surface area contributed by atoms with Gasteiger partial charge < -0.3 is 4.74 Å². The summed E-state index contributed by atoms with van der Waals surface area (Å²) in [6.45, 7) is 9.16. The second-order valence-electron chi connectivity index (χ2n) is 5.37. The van der Waals surface area contributed by atoms with E-state index < -0.39 is 0 Å². The molecule has 1 aromatic carbocycles. The minimum atomic E-state index is -0.197. The average Bonchev–Trinajstić information content (AvgIpc) is 2.26. The van der Waals surface area contributed by atoms with Crippen molar-refractivity contribution in [3.05, 3.63) is 29.6 Å². The standard InChI is InChI=1S/C13H17FO.C3H8/c1-9-5-11(6-9)8-15-13-4-3-12(14)7-10(13)2;1-3-2/h3-4,7,9,11H,5-6,8H2,1-2H3;3H2,1-2H3. The lowest BCUT2D eigenvalue weighted by Gasteiger charge is -2.32. The Hall–Kier alpha value is -1.05. The van der Waals surface area contributed by atoms with E-state index in [4.69, 9.17) is 4.74 Å². The fourth-order valence-corrected chi connectivity index (χ4v) is 2.19. The monoisotopic (exact) mass is 252 g/mol. The molecule has 0 atom stereocenters. The van der Waals surface area contributed by atoms with Gasteiger partial charge in [0.15, 0.2) is 0 Å². The summed E-state index contributed by atoms with van der Waals surface area (Å²) in [4.78, 5) is 0. The number of halogens is 1. The zero-order valence-corrected chi connectivity index (χ0v) is 12.0. The molecule has 0 unspecified atom stereocenters. The van der Waals surface area contributed by atoms with Crippen molar-refractivity contribution in [3.8, 4) is 5.75 Å². The van der Waals surface area contributed by atoms with Crippen LogP contribution in [-0.4, -0.2) is 6.61 Å². The molecule has 0 aliphatic heterocycles. The summed E-state index contributed by atoms with van der Waals surface area (Å²) in [7, 11) is 0. The van der Waals surface area contributed by atoms with Gasteiger partial charge in [-0.25, -0.2) is 4.39 Å². The maximum atomic E-state index is 12.8. The van der Waals surface area contributed by atoms with Crippen LogP contribution in [0.5, 0.6) is 5.75 Å². The molecule has 0 saturated heterocycles. The maximum absolute atomic E-state index is 12.8. The van der Waals surface area contributed by atoms with E-state index in [0.29, 0.717) is 5.92 Å². The van der Waals surface area contributed by atoms with Gasteiger partial charge in [-0.2, -0.15) is 0 Å². The minimum Gasteiger partial charge on any atom is -0.493 e. The van der Waals surface area contributed by atoms with Gasteiger partial charge in [0.05, 0.1) is 6.61 Å². The largest absolute Gasteiger partial charge is 0.493 e. The highest BCUT2D eigenvalue weighted by molar-refractivity contribution is 5.32. The predicted octanol–water partition coefficient (Wildman–Crippen LogP) is 4.98. The lowest BCUT2D eigenvalue weighted by Crippen LogP contribution is -2.26. The van der Waals surface area contributed by atoms with Crippen molar-refractivity contribution in [1.82, 2.24) is 0 Å². The van der Waals surface area contributed by atoms with Crippen LogP contribution in [0.1, 0.15) is 45.6 Å². The zero-order valence-electron chi connectivity index (χ0n) is 12.0. The van der Waals surface area contributed by atoms with Gasteiger partial charge in [0, 0.05) is 0 Å². The van der Waals surface area contributed by atoms with Crippen LogP contribution < -0.4 is 4.74 Å². The van der Waals surface area contributed by atoms with Gasteiger partial charge in [0.1, 0.15) is 11.6 Å². The van der Waals surface area contributed by atoms with E-state index in [0.717, 1.165) is 23.8 Å². The van der Waals surface area contributed by atoms with E-state index in [-0.39, 0.29) is 5.82 Å². The molecular weight excluding hydrogens is 227 g/mol. The number of rotatable bonds is 3. The molecule has 2 rings (SSSR count). The van der Waals surface area contributed by atoms with Gasteiger partial charge in [0.25, 0.3) is 0 Å². The Labute approximate surface area is 110 Å². The van der Waals surface area contributed by atoms with Gasteiger partial charge in [-0.1, -0.05) is 27.2 Å². The molecule has 0 bridgehead atoms. The molecule has 2 heteroatoms. The van der Waals surface area contributed by atoms with Crippen LogP contribution in [0.3, 0.4) is 0 Å². The van der Waals surface area contributed by atoms with Crippen molar-refractivity contribution in [2.45, 2.75) is 47.0 Å². The van der Waals surface area contributed by atoms with E-state index in [1.165, 1.54) is 31.4 Å². The lowest BCUT2D eigenvalue weighted by molar-refractivity contribution is 0.130. The van der Waals surface area contributed by atoms with Crippen molar-refractivity contribution in [2.75, 3.05) is 6.61 Å². The van der Waals surface area contributed by atoms with Crippen LogP contribution >= 0.6 is 0 Å². The van der Waals surface area contributed by atoms with E-state index >= 15 is 0 Å². The number of ether oxygens (including phenoxy) is 1. The fraction of sp³-hybridized carbons (Fsp3) is 0.625. The average molecular weight is 252 g/mol. The first-order chi connectivity index (χ1) is 8.56. The third kappa shape index (κ3) is 4.67. The third-order valence-corrected chi connectivity index (χ3v) is 3.08. The highest BCUT2D eigenvalue weighted by atomic mass is 19.1. The molecule has 0 aromatic heterocycles. The Balaban J connectivity index is 0.000000492. The zero-order chi connectivity index (χ0) is 13.5. The summed E-state index contributed by atoms with van der Waals surface area (Å²) in [5, 5.41) is 0. The lowest BCUT2D eigenvalue weighted by atomic mass is 9.77.